The number of aromatic nitrogens is 3. The van der Waals surface area contributed by atoms with Crippen molar-refractivity contribution in [1.82, 2.24) is 14.8 Å². The second-order valence-electron chi connectivity index (χ2n) is 6.71. The van der Waals surface area contributed by atoms with E-state index >= 15 is 0 Å². The van der Waals surface area contributed by atoms with Crippen molar-refractivity contribution in [3.8, 4) is 11.3 Å². The topological polar surface area (TPSA) is 59.8 Å². The van der Waals surface area contributed by atoms with Crippen LogP contribution in [0.15, 0.2) is 54.7 Å². The Bertz CT molecular complexity index is 1320. The van der Waals surface area contributed by atoms with E-state index in [-0.39, 0.29) is 22.1 Å². The van der Waals surface area contributed by atoms with E-state index in [4.69, 9.17) is 11.6 Å². The molecule has 10 heteroatoms. The molecule has 0 unspecified atom stereocenters. The van der Waals surface area contributed by atoms with E-state index in [1.807, 2.05) is 0 Å². The van der Waals surface area contributed by atoms with Crippen molar-refractivity contribution in [2.24, 2.45) is 7.05 Å². The van der Waals surface area contributed by atoms with Crippen LogP contribution < -0.4 is 5.32 Å². The number of benzene rings is 2. The first-order valence-electron chi connectivity index (χ1n) is 8.90. The third-order valence-corrected chi connectivity index (χ3v) is 4.93. The molecule has 0 fully saturated rings. The minimum absolute atomic E-state index is 0.106. The van der Waals surface area contributed by atoms with Gasteiger partial charge in [-0.15, -0.1) is 0 Å². The van der Waals surface area contributed by atoms with Gasteiger partial charge in [0.25, 0.3) is 5.91 Å². The maximum Gasteiger partial charge on any atom is 0.417 e. The van der Waals surface area contributed by atoms with Gasteiger partial charge in [0.1, 0.15) is 11.6 Å². The number of rotatable bonds is 3. The second kappa shape index (κ2) is 7.66. The van der Waals surface area contributed by atoms with E-state index in [9.17, 15) is 22.4 Å². The molecule has 158 valence electrons. The predicted molar refractivity (Wildman–Crippen MR) is 108 cm³/mol. The standard InChI is InChI=1S/C21H13ClF4N4O/c1-30-19(10-18(29-30)13-8-12(23)4-5-15(13)21(24,25)26)28-20(31)14-9-17-11(7-16(14)22)3-2-6-27-17/h2-10H,1H3,(H,28,31). The number of pyridine rings is 1. The summed E-state index contributed by atoms with van der Waals surface area (Å²) < 4.78 is 54.8. The highest BCUT2D eigenvalue weighted by Gasteiger charge is 2.34. The second-order valence-corrected chi connectivity index (χ2v) is 7.12. The van der Waals surface area contributed by atoms with Crippen LogP contribution >= 0.6 is 11.6 Å². The Morgan fingerprint density at radius 1 is 1.13 bits per heavy atom. The summed E-state index contributed by atoms with van der Waals surface area (Å²) >= 11 is 6.22. The molecule has 0 radical (unpaired) electrons. The van der Waals surface area contributed by atoms with Crippen molar-refractivity contribution in [2.75, 3.05) is 5.32 Å². The minimum Gasteiger partial charge on any atom is -0.307 e. The van der Waals surface area contributed by atoms with Gasteiger partial charge in [-0.25, -0.2) is 4.39 Å². The van der Waals surface area contributed by atoms with Crippen molar-refractivity contribution in [3.63, 3.8) is 0 Å². The lowest BCUT2D eigenvalue weighted by Gasteiger charge is -2.11. The van der Waals surface area contributed by atoms with Gasteiger partial charge in [0.2, 0.25) is 0 Å². The smallest absolute Gasteiger partial charge is 0.307 e. The predicted octanol–water partition coefficient (Wildman–Crippen LogP) is 5.70. The van der Waals surface area contributed by atoms with Crippen molar-refractivity contribution in [3.05, 3.63) is 76.7 Å². The van der Waals surface area contributed by atoms with E-state index in [1.165, 1.54) is 23.9 Å². The molecule has 5 nitrogen and oxygen atoms in total. The molecule has 0 bridgehead atoms. The Hall–Kier alpha value is -3.46. The number of carbonyl (C=O) groups is 1. The number of nitrogens with one attached hydrogen (secondary N) is 1. The van der Waals surface area contributed by atoms with Crippen molar-refractivity contribution in [2.45, 2.75) is 6.18 Å². The number of anilines is 1. The normalized spacial score (nSPS) is 11.7. The highest BCUT2D eigenvalue weighted by molar-refractivity contribution is 6.35. The largest absolute Gasteiger partial charge is 0.417 e. The summed E-state index contributed by atoms with van der Waals surface area (Å²) in [5, 5.41) is 7.51. The SMILES string of the molecule is Cn1nc(-c2cc(F)ccc2C(F)(F)F)cc1NC(=O)c1cc2ncccc2cc1Cl. The molecular formula is C21H13ClF4N4O. The zero-order valence-corrected chi connectivity index (χ0v) is 16.6. The summed E-state index contributed by atoms with van der Waals surface area (Å²) in [4.78, 5) is 16.9. The first kappa shape index (κ1) is 20.8. The molecule has 4 aromatic rings. The molecule has 0 aliphatic carbocycles. The van der Waals surface area contributed by atoms with Gasteiger partial charge in [0.15, 0.2) is 0 Å². The van der Waals surface area contributed by atoms with Gasteiger partial charge < -0.3 is 5.32 Å². The van der Waals surface area contributed by atoms with Gasteiger partial charge in [-0.1, -0.05) is 17.7 Å². The molecule has 0 saturated heterocycles. The average molecular weight is 449 g/mol. The van der Waals surface area contributed by atoms with Crippen LogP contribution in [0.4, 0.5) is 23.4 Å². The van der Waals surface area contributed by atoms with Gasteiger partial charge in [-0.2, -0.15) is 18.3 Å². The van der Waals surface area contributed by atoms with E-state index in [1.54, 1.807) is 24.4 Å². The van der Waals surface area contributed by atoms with Gasteiger partial charge in [-0.05, 0) is 36.4 Å². The summed E-state index contributed by atoms with van der Waals surface area (Å²) in [6, 6.07) is 10.00. The molecule has 0 atom stereocenters. The van der Waals surface area contributed by atoms with Crippen LogP contribution in [0.5, 0.6) is 0 Å². The van der Waals surface area contributed by atoms with Gasteiger partial charge in [-0.3, -0.25) is 14.5 Å². The van der Waals surface area contributed by atoms with Crippen LogP contribution in [-0.4, -0.2) is 20.7 Å². The molecule has 4 rings (SSSR count). The van der Waals surface area contributed by atoms with E-state index < -0.39 is 29.0 Å². The van der Waals surface area contributed by atoms with Crippen molar-refractivity contribution >= 4 is 34.2 Å². The summed E-state index contributed by atoms with van der Waals surface area (Å²) in [6.45, 7) is 0. The van der Waals surface area contributed by atoms with Crippen LogP contribution in [0.2, 0.25) is 5.02 Å². The molecule has 1 N–H and O–H groups in total. The fraction of sp³-hybridized carbons (Fsp3) is 0.0952. The Balaban J connectivity index is 1.69. The number of alkyl halides is 3. The maximum atomic E-state index is 13.6. The molecule has 0 aliphatic rings. The van der Waals surface area contributed by atoms with Crippen molar-refractivity contribution in [1.29, 1.82) is 0 Å². The minimum atomic E-state index is -4.70. The zero-order chi connectivity index (χ0) is 22.3. The number of hydrogen-bond donors (Lipinski definition) is 1. The highest BCUT2D eigenvalue weighted by atomic mass is 35.5. The lowest BCUT2D eigenvalue weighted by atomic mass is 10.0. The summed E-state index contributed by atoms with van der Waals surface area (Å²) in [5.41, 5.74) is -0.921. The summed E-state index contributed by atoms with van der Waals surface area (Å²) in [5.74, 6) is -1.33. The Morgan fingerprint density at radius 2 is 1.90 bits per heavy atom. The summed E-state index contributed by atoms with van der Waals surface area (Å²) in [6.07, 6.45) is -3.13. The molecular weight excluding hydrogens is 436 g/mol. The first-order chi connectivity index (χ1) is 14.6. The Labute approximate surface area is 178 Å². The lowest BCUT2D eigenvalue weighted by Crippen LogP contribution is -2.15. The average Bonchev–Trinajstić information content (AvgIpc) is 3.06. The number of fused-ring (bicyclic) bond motifs is 1. The third kappa shape index (κ3) is 4.09. The fourth-order valence-corrected chi connectivity index (χ4v) is 3.40. The van der Waals surface area contributed by atoms with E-state index in [2.05, 4.69) is 15.4 Å². The van der Waals surface area contributed by atoms with Crippen LogP contribution in [0, 0.1) is 5.82 Å². The molecule has 2 aromatic carbocycles. The highest BCUT2D eigenvalue weighted by Crippen LogP contribution is 2.37. The number of nitrogens with zero attached hydrogens (tertiary/aromatic N) is 3. The molecule has 2 aromatic heterocycles. The Morgan fingerprint density at radius 3 is 2.65 bits per heavy atom. The number of amides is 1. The van der Waals surface area contributed by atoms with Gasteiger partial charge in [0, 0.05) is 30.3 Å². The number of carbonyl (C=O) groups excluding carboxylic acids is 1. The number of aryl methyl sites for hydroxylation is 1. The fourth-order valence-electron chi connectivity index (χ4n) is 3.14. The lowest BCUT2D eigenvalue weighted by molar-refractivity contribution is -0.137. The number of halogens is 5. The molecule has 2 heterocycles. The number of hydrogen-bond acceptors (Lipinski definition) is 3. The molecule has 0 saturated carbocycles. The molecule has 1 amide bonds. The quantitative estimate of drug-likeness (QED) is 0.409. The summed E-state index contributed by atoms with van der Waals surface area (Å²) in [7, 11) is 1.44. The first-order valence-corrected chi connectivity index (χ1v) is 9.28. The van der Waals surface area contributed by atoms with Gasteiger partial charge >= 0.3 is 6.18 Å². The molecule has 0 aliphatic heterocycles. The molecule has 0 spiro atoms. The monoisotopic (exact) mass is 448 g/mol. The third-order valence-electron chi connectivity index (χ3n) is 4.62. The van der Waals surface area contributed by atoms with Crippen LogP contribution in [0.3, 0.4) is 0 Å². The Kier molecular flexibility index (Phi) is 5.14. The van der Waals surface area contributed by atoms with Crippen molar-refractivity contribution < 1.29 is 22.4 Å². The van der Waals surface area contributed by atoms with E-state index in [0.717, 1.165) is 17.5 Å². The van der Waals surface area contributed by atoms with Gasteiger partial charge in [0.05, 0.1) is 27.4 Å². The zero-order valence-electron chi connectivity index (χ0n) is 15.8. The van der Waals surface area contributed by atoms with Crippen LogP contribution in [0.1, 0.15) is 15.9 Å². The van der Waals surface area contributed by atoms with Crippen LogP contribution in [-0.2, 0) is 13.2 Å². The maximum absolute atomic E-state index is 13.6. The van der Waals surface area contributed by atoms with E-state index in [0.29, 0.717) is 11.6 Å². The van der Waals surface area contributed by atoms with Crippen LogP contribution in [0.25, 0.3) is 22.2 Å². The molecule has 31 heavy (non-hydrogen) atoms.